The van der Waals surface area contributed by atoms with Gasteiger partial charge in [0.05, 0.1) is 11.8 Å². The molecular weight excluding hydrogens is 266 g/mol. The van der Waals surface area contributed by atoms with Gasteiger partial charge in [0.15, 0.2) is 0 Å². The van der Waals surface area contributed by atoms with Crippen molar-refractivity contribution < 1.29 is 13.2 Å². The zero-order chi connectivity index (χ0) is 13.9. The minimum Gasteiger partial charge on any atom is -0.380 e. The minimum absolute atomic E-state index is 0.0280. The van der Waals surface area contributed by atoms with Gasteiger partial charge in [0.1, 0.15) is 4.90 Å². The Labute approximate surface area is 113 Å². The van der Waals surface area contributed by atoms with Gasteiger partial charge in [-0.15, -0.1) is 0 Å². The van der Waals surface area contributed by atoms with Crippen LogP contribution in [0.1, 0.15) is 18.5 Å². The minimum atomic E-state index is -3.48. The van der Waals surface area contributed by atoms with Gasteiger partial charge >= 0.3 is 0 Å². The van der Waals surface area contributed by atoms with Gasteiger partial charge in [0.2, 0.25) is 10.0 Å². The Bertz CT molecular complexity index is 516. The fraction of sp³-hybridized carbons (Fsp3) is 0.583. The topological polar surface area (TPSA) is 85.5 Å². The molecule has 1 saturated heterocycles. The molecule has 1 aromatic rings. The predicted octanol–water partition coefficient (Wildman–Crippen LogP) is 0.340. The van der Waals surface area contributed by atoms with Crippen LogP contribution in [0, 0.1) is 0 Å². The van der Waals surface area contributed by atoms with Crippen LogP contribution in [-0.2, 0) is 21.3 Å². The summed E-state index contributed by atoms with van der Waals surface area (Å²) in [6.07, 6.45) is 3.05. The summed E-state index contributed by atoms with van der Waals surface area (Å²) in [5, 5.41) is 0. The highest BCUT2D eigenvalue weighted by atomic mass is 32.2. The van der Waals surface area contributed by atoms with Crippen molar-refractivity contribution in [2.45, 2.75) is 30.4 Å². The van der Waals surface area contributed by atoms with E-state index in [4.69, 9.17) is 10.5 Å². The maximum absolute atomic E-state index is 12.4. The van der Waals surface area contributed by atoms with E-state index in [2.05, 4.69) is 4.98 Å². The van der Waals surface area contributed by atoms with Gasteiger partial charge in [-0.2, -0.15) is 4.31 Å². The van der Waals surface area contributed by atoms with Crippen molar-refractivity contribution in [3.05, 3.63) is 24.0 Å². The molecule has 1 aliphatic rings. The lowest BCUT2D eigenvalue weighted by atomic mass is 10.1. The van der Waals surface area contributed by atoms with Gasteiger partial charge in [-0.1, -0.05) is 0 Å². The molecule has 0 radical (unpaired) electrons. The highest BCUT2D eigenvalue weighted by Gasteiger charge is 2.30. The second kappa shape index (κ2) is 5.96. The molecule has 2 heterocycles. The standard InChI is InChI=1S/C12H19N3O3S/c1-18-11-3-2-6-15(9-11)19(16,17)12-5-4-10(7-13)14-8-12/h4-5,8,11H,2-3,6-7,9,13H2,1H3. The van der Waals surface area contributed by atoms with Gasteiger partial charge in [-0.3, -0.25) is 4.98 Å². The number of nitrogens with two attached hydrogens (primary N) is 1. The normalized spacial score (nSPS) is 21.5. The molecule has 0 spiro atoms. The van der Waals surface area contributed by atoms with E-state index in [-0.39, 0.29) is 11.0 Å². The largest absolute Gasteiger partial charge is 0.380 e. The Balaban J connectivity index is 2.20. The number of piperidine rings is 1. The number of nitrogens with zero attached hydrogens (tertiary/aromatic N) is 2. The number of pyridine rings is 1. The second-order valence-electron chi connectivity index (χ2n) is 4.55. The van der Waals surface area contributed by atoms with Crippen LogP contribution in [0.25, 0.3) is 0 Å². The lowest BCUT2D eigenvalue weighted by Gasteiger charge is -2.30. The summed E-state index contributed by atoms with van der Waals surface area (Å²) >= 11 is 0. The first-order valence-corrected chi connectivity index (χ1v) is 7.70. The van der Waals surface area contributed by atoms with Crippen LogP contribution in [0.2, 0.25) is 0 Å². The molecule has 0 bridgehead atoms. The highest BCUT2D eigenvalue weighted by Crippen LogP contribution is 2.21. The first-order valence-electron chi connectivity index (χ1n) is 6.26. The van der Waals surface area contributed by atoms with E-state index >= 15 is 0 Å². The van der Waals surface area contributed by atoms with Crippen LogP contribution >= 0.6 is 0 Å². The molecule has 106 valence electrons. The first kappa shape index (κ1) is 14.4. The molecule has 6 nitrogen and oxygen atoms in total. The Kier molecular flexibility index (Phi) is 4.51. The van der Waals surface area contributed by atoms with Crippen LogP contribution in [-0.4, -0.2) is 44.0 Å². The van der Waals surface area contributed by atoms with Crippen molar-refractivity contribution in [1.82, 2.24) is 9.29 Å². The zero-order valence-electron chi connectivity index (χ0n) is 10.9. The summed E-state index contributed by atoms with van der Waals surface area (Å²) in [5.74, 6) is 0. The molecule has 19 heavy (non-hydrogen) atoms. The number of sulfonamides is 1. The monoisotopic (exact) mass is 285 g/mol. The number of methoxy groups -OCH3 is 1. The van der Waals surface area contributed by atoms with Crippen molar-refractivity contribution in [3.8, 4) is 0 Å². The lowest BCUT2D eigenvalue weighted by Crippen LogP contribution is -2.42. The molecule has 0 saturated carbocycles. The molecular formula is C12H19N3O3S. The third-order valence-corrected chi connectivity index (χ3v) is 5.17. The summed E-state index contributed by atoms with van der Waals surface area (Å²) in [7, 11) is -1.87. The number of hydrogen-bond donors (Lipinski definition) is 1. The Morgan fingerprint density at radius 2 is 2.32 bits per heavy atom. The summed E-state index contributed by atoms with van der Waals surface area (Å²) in [6, 6.07) is 3.20. The smallest absolute Gasteiger partial charge is 0.244 e. The third kappa shape index (κ3) is 3.11. The molecule has 2 rings (SSSR count). The van der Waals surface area contributed by atoms with Crippen LogP contribution in [0.15, 0.2) is 23.2 Å². The lowest BCUT2D eigenvalue weighted by molar-refractivity contribution is 0.0572. The summed E-state index contributed by atoms with van der Waals surface area (Å²) in [4.78, 5) is 4.25. The molecule has 1 aromatic heterocycles. The van der Waals surface area contributed by atoms with Crippen LogP contribution < -0.4 is 5.73 Å². The maximum atomic E-state index is 12.4. The molecule has 1 unspecified atom stereocenters. The van der Waals surface area contributed by atoms with Crippen LogP contribution in [0.3, 0.4) is 0 Å². The van der Waals surface area contributed by atoms with Gasteiger partial charge in [-0.25, -0.2) is 8.42 Å². The molecule has 0 aliphatic carbocycles. The van der Waals surface area contributed by atoms with Gasteiger partial charge in [0.25, 0.3) is 0 Å². The van der Waals surface area contributed by atoms with E-state index in [0.717, 1.165) is 12.8 Å². The van der Waals surface area contributed by atoms with Crippen LogP contribution in [0.5, 0.6) is 0 Å². The molecule has 1 aliphatic heterocycles. The highest BCUT2D eigenvalue weighted by molar-refractivity contribution is 7.89. The van der Waals surface area contributed by atoms with Crippen molar-refractivity contribution in [3.63, 3.8) is 0 Å². The molecule has 0 amide bonds. The zero-order valence-corrected chi connectivity index (χ0v) is 11.8. The molecule has 1 fully saturated rings. The summed E-state index contributed by atoms with van der Waals surface area (Å²) in [6.45, 7) is 1.23. The average Bonchev–Trinajstić information content (AvgIpc) is 2.47. The quantitative estimate of drug-likeness (QED) is 0.862. The molecule has 1 atom stereocenters. The number of aromatic nitrogens is 1. The summed E-state index contributed by atoms with van der Waals surface area (Å²) < 4.78 is 31.6. The molecule has 2 N–H and O–H groups in total. The van der Waals surface area contributed by atoms with Crippen molar-refractivity contribution in [1.29, 1.82) is 0 Å². The van der Waals surface area contributed by atoms with Gasteiger partial charge < -0.3 is 10.5 Å². The van der Waals surface area contributed by atoms with E-state index < -0.39 is 10.0 Å². The first-order chi connectivity index (χ1) is 9.07. The van der Waals surface area contributed by atoms with Crippen molar-refractivity contribution in [2.24, 2.45) is 5.73 Å². The number of ether oxygens (including phenoxy) is 1. The van der Waals surface area contributed by atoms with Crippen LogP contribution in [0.4, 0.5) is 0 Å². The third-order valence-electron chi connectivity index (χ3n) is 3.32. The van der Waals surface area contributed by atoms with E-state index in [1.165, 1.54) is 10.5 Å². The van der Waals surface area contributed by atoms with E-state index in [9.17, 15) is 8.42 Å². The van der Waals surface area contributed by atoms with Crippen molar-refractivity contribution >= 4 is 10.0 Å². The summed E-state index contributed by atoms with van der Waals surface area (Å²) in [5.41, 5.74) is 6.12. The fourth-order valence-electron chi connectivity index (χ4n) is 2.15. The molecule has 0 aromatic carbocycles. The Morgan fingerprint density at radius 1 is 1.53 bits per heavy atom. The molecule has 7 heteroatoms. The Morgan fingerprint density at radius 3 is 2.89 bits per heavy atom. The number of rotatable bonds is 4. The fourth-order valence-corrected chi connectivity index (χ4v) is 3.61. The van der Waals surface area contributed by atoms with E-state index in [0.29, 0.717) is 25.3 Å². The predicted molar refractivity (Wildman–Crippen MR) is 70.9 cm³/mol. The van der Waals surface area contributed by atoms with E-state index in [1.54, 1.807) is 19.2 Å². The average molecular weight is 285 g/mol. The van der Waals surface area contributed by atoms with Gasteiger partial charge in [0, 0.05) is 32.9 Å². The Hall–Kier alpha value is -1.02. The second-order valence-corrected chi connectivity index (χ2v) is 6.49. The van der Waals surface area contributed by atoms with Crippen molar-refractivity contribution in [2.75, 3.05) is 20.2 Å². The SMILES string of the molecule is COC1CCCN(S(=O)(=O)c2ccc(CN)nc2)C1. The number of hydrogen-bond acceptors (Lipinski definition) is 5. The van der Waals surface area contributed by atoms with E-state index in [1.807, 2.05) is 0 Å². The van der Waals surface area contributed by atoms with Gasteiger partial charge in [-0.05, 0) is 25.0 Å². The maximum Gasteiger partial charge on any atom is 0.244 e.